The Labute approximate surface area is 103 Å². The van der Waals surface area contributed by atoms with Crippen molar-refractivity contribution in [2.24, 2.45) is 0 Å². The fraction of sp³-hybridized carbons (Fsp3) is 0.200. The van der Waals surface area contributed by atoms with Crippen molar-refractivity contribution >= 4 is 28.9 Å². The van der Waals surface area contributed by atoms with E-state index in [0.29, 0.717) is 17.2 Å². The van der Waals surface area contributed by atoms with Gasteiger partial charge < -0.3 is 4.74 Å². The third-order valence-electron chi connectivity index (χ3n) is 1.75. The summed E-state index contributed by atoms with van der Waals surface area (Å²) in [7, 11) is 0. The van der Waals surface area contributed by atoms with Crippen LogP contribution in [0.4, 0.5) is 5.69 Å². The number of nitro benzene ring substituents is 1. The number of nitro groups is 1. The molecule has 16 heavy (non-hydrogen) atoms. The summed E-state index contributed by atoms with van der Waals surface area (Å²) in [5, 5.41) is 10.6. The van der Waals surface area contributed by atoms with Gasteiger partial charge in [0.05, 0.1) is 9.95 Å². The van der Waals surface area contributed by atoms with Crippen LogP contribution in [0.1, 0.15) is 0 Å². The standard InChI is InChI=1S/C10H9Cl2NO3/c1-7(5-11)6-16-10-3-2-8(13(14)15)4-9(10)12/h2-4H,1,5-6H2. The average molecular weight is 262 g/mol. The van der Waals surface area contributed by atoms with E-state index in [0.717, 1.165) is 0 Å². The lowest BCUT2D eigenvalue weighted by Crippen LogP contribution is -2.01. The van der Waals surface area contributed by atoms with Gasteiger partial charge in [-0.15, -0.1) is 11.6 Å². The van der Waals surface area contributed by atoms with Gasteiger partial charge in [-0.25, -0.2) is 0 Å². The van der Waals surface area contributed by atoms with E-state index in [1.165, 1.54) is 18.2 Å². The van der Waals surface area contributed by atoms with E-state index in [2.05, 4.69) is 6.58 Å². The molecule has 0 aromatic heterocycles. The lowest BCUT2D eigenvalue weighted by molar-refractivity contribution is -0.384. The topological polar surface area (TPSA) is 52.4 Å². The first-order chi connectivity index (χ1) is 7.54. The molecule has 0 N–H and O–H groups in total. The van der Waals surface area contributed by atoms with Crippen molar-refractivity contribution in [2.75, 3.05) is 12.5 Å². The van der Waals surface area contributed by atoms with Crippen molar-refractivity contribution in [3.8, 4) is 5.75 Å². The SMILES string of the molecule is C=C(CCl)COc1ccc([N+](=O)[O-])cc1Cl. The van der Waals surface area contributed by atoms with E-state index in [-0.39, 0.29) is 17.3 Å². The molecule has 1 aromatic rings. The summed E-state index contributed by atoms with van der Waals surface area (Å²) in [6, 6.07) is 4.01. The molecule has 0 saturated heterocycles. The van der Waals surface area contributed by atoms with Crippen LogP contribution in [0.5, 0.6) is 5.75 Å². The highest BCUT2D eigenvalue weighted by molar-refractivity contribution is 6.32. The summed E-state index contributed by atoms with van der Waals surface area (Å²) in [5.41, 5.74) is 0.629. The molecule has 0 amide bonds. The minimum Gasteiger partial charge on any atom is -0.488 e. The number of hydrogen-bond donors (Lipinski definition) is 0. The fourth-order valence-corrected chi connectivity index (χ4v) is 1.25. The van der Waals surface area contributed by atoms with Crippen LogP contribution in [0.15, 0.2) is 30.4 Å². The normalized spacial score (nSPS) is 9.88. The van der Waals surface area contributed by atoms with Crippen LogP contribution >= 0.6 is 23.2 Å². The number of halogens is 2. The van der Waals surface area contributed by atoms with Gasteiger partial charge in [0.2, 0.25) is 0 Å². The molecule has 6 heteroatoms. The molecule has 4 nitrogen and oxygen atoms in total. The molecule has 0 spiro atoms. The Kier molecular flexibility index (Phi) is 4.58. The Morgan fingerprint density at radius 2 is 2.25 bits per heavy atom. The maximum absolute atomic E-state index is 10.5. The Bertz CT molecular complexity index is 421. The summed E-state index contributed by atoms with van der Waals surface area (Å²) in [5.74, 6) is 0.670. The predicted octanol–water partition coefficient (Wildman–Crippen LogP) is 3.42. The van der Waals surface area contributed by atoms with Gasteiger partial charge in [0.15, 0.2) is 0 Å². The lowest BCUT2D eigenvalue weighted by Gasteiger charge is -2.07. The molecule has 1 aromatic carbocycles. The van der Waals surface area contributed by atoms with E-state index in [1.54, 1.807) is 0 Å². The quantitative estimate of drug-likeness (QED) is 0.353. The number of benzene rings is 1. The highest BCUT2D eigenvalue weighted by atomic mass is 35.5. The Balaban J connectivity index is 2.75. The van der Waals surface area contributed by atoms with Crippen LogP contribution in [0, 0.1) is 10.1 Å². The Morgan fingerprint density at radius 3 is 2.75 bits per heavy atom. The van der Waals surface area contributed by atoms with E-state index < -0.39 is 4.92 Å². The van der Waals surface area contributed by atoms with Gasteiger partial charge in [-0.1, -0.05) is 18.2 Å². The van der Waals surface area contributed by atoms with Gasteiger partial charge in [0.1, 0.15) is 12.4 Å². The van der Waals surface area contributed by atoms with Crippen molar-refractivity contribution in [1.82, 2.24) is 0 Å². The van der Waals surface area contributed by atoms with E-state index in [1.807, 2.05) is 0 Å². The van der Waals surface area contributed by atoms with Gasteiger partial charge in [0.25, 0.3) is 5.69 Å². The largest absolute Gasteiger partial charge is 0.488 e. The number of nitrogens with zero attached hydrogens (tertiary/aromatic N) is 1. The maximum atomic E-state index is 10.5. The average Bonchev–Trinajstić information content (AvgIpc) is 2.26. The Morgan fingerprint density at radius 1 is 1.56 bits per heavy atom. The molecular weight excluding hydrogens is 253 g/mol. The molecule has 0 bridgehead atoms. The molecule has 0 unspecified atom stereocenters. The number of non-ortho nitro benzene ring substituents is 1. The molecular formula is C10H9Cl2NO3. The van der Waals surface area contributed by atoms with Gasteiger partial charge in [-0.3, -0.25) is 10.1 Å². The van der Waals surface area contributed by atoms with Crippen LogP contribution in [0.2, 0.25) is 5.02 Å². The molecule has 0 atom stereocenters. The highest BCUT2D eigenvalue weighted by Gasteiger charge is 2.10. The van der Waals surface area contributed by atoms with Crippen LogP contribution in [-0.4, -0.2) is 17.4 Å². The zero-order valence-electron chi connectivity index (χ0n) is 8.28. The molecule has 1 rings (SSSR count). The second kappa shape index (κ2) is 5.72. The van der Waals surface area contributed by atoms with Gasteiger partial charge in [-0.05, 0) is 11.6 Å². The summed E-state index contributed by atoms with van der Waals surface area (Å²) >= 11 is 11.3. The summed E-state index contributed by atoms with van der Waals surface area (Å²) in [6.07, 6.45) is 0. The molecule has 86 valence electrons. The van der Waals surface area contributed by atoms with Crippen molar-refractivity contribution in [1.29, 1.82) is 0 Å². The summed E-state index contributed by atoms with van der Waals surface area (Å²) in [6.45, 7) is 3.89. The molecule has 0 aliphatic carbocycles. The fourth-order valence-electron chi connectivity index (χ4n) is 0.939. The first kappa shape index (κ1) is 12.8. The number of rotatable bonds is 5. The molecule has 0 fully saturated rings. The van der Waals surface area contributed by atoms with Crippen LogP contribution < -0.4 is 4.74 Å². The zero-order chi connectivity index (χ0) is 12.1. The van der Waals surface area contributed by atoms with Crippen molar-refractivity contribution in [3.63, 3.8) is 0 Å². The number of ether oxygens (including phenoxy) is 1. The number of alkyl halides is 1. The molecule has 0 aliphatic heterocycles. The van der Waals surface area contributed by atoms with Crippen molar-refractivity contribution < 1.29 is 9.66 Å². The second-order valence-electron chi connectivity index (χ2n) is 3.04. The smallest absolute Gasteiger partial charge is 0.271 e. The molecule has 0 saturated carbocycles. The first-order valence-corrected chi connectivity index (χ1v) is 5.25. The third kappa shape index (κ3) is 3.40. The summed E-state index contributed by atoms with van der Waals surface area (Å²) < 4.78 is 5.29. The van der Waals surface area contributed by atoms with E-state index in [9.17, 15) is 10.1 Å². The highest BCUT2D eigenvalue weighted by Crippen LogP contribution is 2.28. The second-order valence-corrected chi connectivity index (χ2v) is 3.72. The minimum absolute atomic E-state index is 0.0754. The van der Waals surface area contributed by atoms with Crippen LogP contribution in [-0.2, 0) is 0 Å². The third-order valence-corrected chi connectivity index (χ3v) is 2.42. The van der Waals surface area contributed by atoms with Crippen LogP contribution in [0.3, 0.4) is 0 Å². The minimum atomic E-state index is -0.520. The maximum Gasteiger partial charge on any atom is 0.271 e. The van der Waals surface area contributed by atoms with E-state index >= 15 is 0 Å². The Hall–Kier alpha value is -1.26. The molecule has 0 radical (unpaired) electrons. The van der Waals surface area contributed by atoms with E-state index in [4.69, 9.17) is 27.9 Å². The zero-order valence-corrected chi connectivity index (χ0v) is 9.79. The first-order valence-electron chi connectivity index (χ1n) is 4.34. The number of hydrogen-bond acceptors (Lipinski definition) is 3. The van der Waals surface area contributed by atoms with Crippen molar-refractivity contribution in [2.45, 2.75) is 0 Å². The monoisotopic (exact) mass is 261 g/mol. The van der Waals surface area contributed by atoms with Gasteiger partial charge >= 0.3 is 0 Å². The lowest BCUT2D eigenvalue weighted by atomic mass is 10.3. The molecule has 0 heterocycles. The van der Waals surface area contributed by atoms with Crippen molar-refractivity contribution in [3.05, 3.63) is 45.5 Å². The van der Waals surface area contributed by atoms with Crippen LogP contribution in [0.25, 0.3) is 0 Å². The molecule has 0 aliphatic rings. The van der Waals surface area contributed by atoms with Gasteiger partial charge in [0, 0.05) is 18.0 Å². The van der Waals surface area contributed by atoms with Gasteiger partial charge in [-0.2, -0.15) is 0 Å². The summed E-state index contributed by atoms with van der Waals surface area (Å²) in [4.78, 5) is 9.93. The predicted molar refractivity (Wildman–Crippen MR) is 63.5 cm³/mol.